The summed E-state index contributed by atoms with van der Waals surface area (Å²) in [6.07, 6.45) is 1.68. The maximum atomic E-state index is 11.2. The van der Waals surface area contributed by atoms with Crippen LogP contribution < -0.4 is 5.32 Å². The van der Waals surface area contributed by atoms with Crippen LogP contribution in [0, 0.1) is 5.41 Å². The van der Waals surface area contributed by atoms with Crippen molar-refractivity contribution in [3.63, 3.8) is 0 Å². The van der Waals surface area contributed by atoms with E-state index in [9.17, 15) is 9.59 Å². The Balaban J connectivity index is 4.32. The fourth-order valence-electron chi connectivity index (χ4n) is 0.903. The van der Waals surface area contributed by atoms with Crippen LogP contribution in [-0.2, 0) is 9.59 Å². The van der Waals surface area contributed by atoms with E-state index in [1.165, 1.54) is 0 Å². The minimum Gasteiger partial charge on any atom is -0.478 e. The highest BCUT2D eigenvalue weighted by Gasteiger charge is 2.24. The molecule has 5 nitrogen and oxygen atoms in total. The third-order valence-electron chi connectivity index (χ3n) is 1.92. The standard InChI is InChI=1S/C10H17NO4/c1-10(2,3)7(6-12)11-8(13)4-5-9(14)15/h4-5,7,12H,6H2,1-3H3,(H,11,13)(H,14,15)/b5-4-/t7-/m1/s1. The minimum absolute atomic E-state index is 0.184. The van der Waals surface area contributed by atoms with Gasteiger partial charge in [-0.05, 0) is 5.41 Å². The first-order valence-corrected chi connectivity index (χ1v) is 4.59. The largest absolute Gasteiger partial charge is 0.478 e. The van der Waals surface area contributed by atoms with Gasteiger partial charge in [-0.2, -0.15) is 0 Å². The van der Waals surface area contributed by atoms with Gasteiger partial charge in [-0.1, -0.05) is 20.8 Å². The Bertz CT molecular complexity index is 265. The zero-order valence-electron chi connectivity index (χ0n) is 9.15. The molecule has 0 aromatic heterocycles. The summed E-state index contributed by atoms with van der Waals surface area (Å²) in [5.41, 5.74) is -0.276. The van der Waals surface area contributed by atoms with Crippen molar-refractivity contribution in [2.75, 3.05) is 6.61 Å². The highest BCUT2D eigenvalue weighted by Crippen LogP contribution is 2.18. The number of carbonyl (C=O) groups excluding carboxylic acids is 1. The van der Waals surface area contributed by atoms with Crippen LogP contribution in [0.1, 0.15) is 20.8 Å². The molecule has 0 saturated carbocycles. The molecule has 1 amide bonds. The van der Waals surface area contributed by atoms with E-state index < -0.39 is 17.9 Å². The van der Waals surface area contributed by atoms with Crippen molar-refractivity contribution >= 4 is 11.9 Å². The Morgan fingerprint density at radius 1 is 1.33 bits per heavy atom. The first-order valence-electron chi connectivity index (χ1n) is 4.59. The number of amides is 1. The molecule has 0 aliphatic heterocycles. The summed E-state index contributed by atoms with van der Waals surface area (Å²) in [4.78, 5) is 21.3. The van der Waals surface area contributed by atoms with Gasteiger partial charge in [0.05, 0.1) is 12.6 Å². The molecule has 86 valence electrons. The van der Waals surface area contributed by atoms with Crippen LogP contribution in [0.25, 0.3) is 0 Å². The van der Waals surface area contributed by atoms with E-state index in [1.807, 2.05) is 20.8 Å². The molecule has 3 N–H and O–H groups in total. The lowest BCUT2D eigenvalue weighted by molar-refractivity contribution is -0.131. The van der Waals surface area contributed by atoms with E-state index >= 15 is 0 Å². The van der Waals surface area contributed by atoms with Gasteiger partial charge in [0, 0.05) is 12.2 Å². The maximum Gasteiger partial charge on any atom is 0.328 e. The summed E-state index contributed by atoms with van der Waals surface area (Å²) < 4.78 is 0. The molecule has 0 aliphatic rings. The summed E-state index contributed by atoms with van der Waals surface area (Å²) in [7, 11) is 0. The Morgan fingerprint density at radius 3 is 2.20 bits per heavy atom. The Morgan fingerprint density at radius 2 is 1.87 bits per heavy atom. The second-order valence-electron chi connectivity index (χ2n) is 4.28. The minimum atomic E-state index is -1.18. The predicted molar refractivity (Wildman–Crippen MR) is 55.2 cm³/mol. The molecular weight excluding hydrogens is 198 g/mol. The van der Waals surface area contributed by atoms with Crippen molar-refractivity contribution < 1.29 is 19.8 Å². The average molecular weight is 215 g/mol. The molecular formula is C10H17NO4. The quantitative estimate of drug-likeness (QED) is 0.583. The van der Waals surface area contributed by atoms with E-state index in [2.05, 4.69) is 5.32 Å². The fourth-order valence-corrected chi connectivity index (χ4v) is 0.903. The second kappa shape index (κ2) is 5.50. The van der Waals surface area contributed by atoms with Crippen molar-refractivity contribution in [2.45, 2.75) is 26.8 Å². The van der Waals surface area contributed by atoms with Gasteiger partial charge in [-0.3, -0.25) is 4.79 Å². The van der Waals surface area contributed by atoms with Gasteiger partial charge >= 0.3 is 5.97 Å². The van der Waals surface area contributed by atoms with Crippen LogP contribution in [-0.4, -0.2) is 34.7 Å². The number of rotatable bonds is 4. The van der Waals surface area contributed by atoms with Crippen molar-refractivity contribution in [1.82, 2.24) is 5.32 Å². The molecule has 0 spiro atoms. The van der Waals surface area contributed by atoms with E-state index in [0.717, 1.165) is 12.2 Å². The second-order valence-corrected chi connectivity index (χ2v) is 4.28. The number of hydrogen-bond donors (Lipinski definition) is 3. The summed E-state index contributed by atoms with van der Waals surface area (Å²) >= 11 is 0. The van der Waals surface area contributed by atoms with Crippen LogP contribution in [0.4, 0.5) is 0 Å². The van der Waals surface area contributed by atoms with E-state index in [4.69, 9.17) is 10.2 Å². The lowest BCUT2D eigenvalue weighted by Crippen LogP contribution is -2.45. The summed E-state index contributed by atoms with van der Waals surface area (Å²) in [6, 6.07) is -0.400. The Labute approximate surface area is 88.8 Å². The summed E-state index contributed by atoms with van der Waals surface area (Å²) in [6.45, 7) is 5.43. The van der Waals surface area contributed by atoms with Gasteiger partial charge in [-0.25, -0.2) is 4.79 Å². The highest BCUT2D eigenvalue weighted by molar-refractivity contribution is 5.94. The smallest absolute Gasteiger partial charge is 0.328 e. The Hall–Kier alpha value is -1.36. The Kier molecular flexibility index (Phi) is 5.00. The maximum absolute atomic E-state index is 11.2. The topological polar surface area (TPSA) is 86.6 Å². The van der Waals surface area contributed by atoms with Gasteiger partial charge < -0.3 is 15.5 Å². The number of carboxylic acids is 1. The van der Waals surface area contributed by atoms with Crippen LogP contribution in [0.15, 0.2) is 12.2 Å². The zero-order valence-corrected chi connectivity index (χ0v) is 9.15. The van der Waals surface area contributed by atoms with Gasteiger partial charge in [0.15, 0.2) is 0 Å². The predicted octanol–water partition coefficient (Wildman–Crippen LogP) is 0.150. The third kappa shape index (κ3) is 5.85. The molecule has 0 aliphatic carbocycles. The molecule has 0 unspecified atom stereocenters. The molecule has 0 rings (SSSR count). The monoisotopic (exact) mass is 215 g/mol. The highest BCUT2D eigenvalue weighted by atomic mass is 16.4. The zero-order chi connectivity index (χ0) is 12.1. The van der Waals surface area contributed by atoms with Gasteiger partial charge in [0.1, 0.15) is 0 Å². The number of nitrogens with one attached hydrogen (secondary N) is 1. The van der Waals surface area contributed by atoms with Crippen molar-refractivity contribution in [3.8, 4) is 0 Å². The molecule has 5 heteroatoms. The number of aliphatic carboxylic acids is 1. The normalized spacial score (nSPS) is 13.9. The fraction of sp³-hybridized carbons (Fsp3) is 0.600. The molecule has 0 fully saturated rings. The number of carboxylic acid groups (broad SMARTS) is 1. The lowest BCUT2D eigenvalue weighted by Gasteiger charge is -2.29. The molecule has 0 aromatic carbocycles. The van der Waals surface area contributed by atoms with Gasteiger partial charge in [0.2, 0.25) is 5.91 Å². The number of aliphatic hydroxyl groups is 1. The number of hydrogen-bond acceptors (Lipinski definition) is 3. The van der Waals surface area contributed by atoms with Crippen LogP contribution >= 0.6 is 0 Å². The van der Waals surface area contributed by atoms with Crippen molar-refractivity contribution in [1.29, 1.82) is 0 Å². The third-order valence-corrected chi connectivity index (χ3v) is 1.92. The van der Waals surface area contributed by atoms with Crippen molar-refractivity contribution in [3.05, 3.63) is 12.2 Å². The molecule has 0 bridgehead atoms. The van der Waals surface area contributed by atoms with Gasteiger partial charge in [0.25, 0.3) is 0 Å². The SMILES string of the molecule is CC(C)(C)[C@@H](CO)NC(=O)/C=C\C(=O)O. The number of carbonyl (C=O) groups is 2. The molecule has 0 radical (unpaired) electrons. The van der Waals surface area contributed by atoms with Crippen LogP contribution in [0.3, 0.4) is 0 Å². The molecule has 0 saturated heterocycles. The first-order chi connectivity index (χ1) is 6.77. The molecule has 0 heterocycles. The molecule has 1 atom stereocenters. The van der Waals surface area contributed by atoms with E-state index in [1.54, 1.807) is 0 Å². The summed E-state index contributed by atoms with van der Waals surface area (Å²) in [5, 5.41) is 19.9. The lowest BCUT2D eigenvalue weighted by atomic mass is 9.87. The summed E-state index contributed by atoms with van der Waals surface area (Å²) in [5.74, 6) is -1.70. The van der Waals surface area contributed by atoms with Crippen LogP contribution in [0.2, 0.25) is 0 Å². The molecule has 15 heavy (non-hydrogen) atoms. The first kappa shape index (κ1) is 13.6. The molecule has 0 aromatic rings. The number of aliphatic hydroxyl groups excluding tert-OH is 1. The van der Waals surface area contributed by atoms with E-state index in [0.29, 0.717) is 0 Å². The van der Waals surface area contributed by atoms with Crippen LogP contribution in [0.5, 0.6) is 0 Å². The average Bonchev–Trinajstić information content (AvgIpc) is 2.08. The van der Waals surface area contributed by atoms with Crippen molar-refractivity contribution in [2.24, 2.45) is 5.41 Å². The van der Waals surface area contributed by atoms with E-state index in [-0.39, 0.29) is 12.0 Å². The van der Waals surface area contributed by atoms with Gasteiger partial charge in [-0.15, -0.1) is 0 Å².